The number of nitrogens with zero attached hydrogens (tertiary/aromatic N) is 1. The van der Waals surface area contributed by atoms with Crippen molar-refractivity contribution in [2.75, 3.05) is 13.3 Å². The quantitative estimate of drug-likeness (QED) is 0.115. The van der Waals surface area contributed by atoms with Crippen molar-refractivity contribution in [1.29, 1.82) is 0 Å². The van der Waals surface area contributed by atoms with Crippen molar-refractivity contribution in [2.45, 2.75) is 91.1 Å². The average Bonchev–Trinajstić information content (AvgIpc) is 3.87. The topological polar surface area (TPSA) is 217 Å². The van der Waals surface area contributed by atoms with Crippen molar-refractivity contribution in [2.24, 2.45) is 5.92 Å². The molecule has 0 bridgehead atoms. The Hall–Kier alpha value is -5.31. The highest BCUT2D eigenvalue weighted by Crippen LogP contribution is 2.31. The Morgan fingerprint density at radius 3 is 2.22 bits per heavy atom. The summed E-state index contributed by atoms with van der Waals surface area (Å²) in [5.41, 5.74) is -1.99. The molecular formula is C36H45N3O12. The van der Waals surface area contributed by atoms with Gasteiger partial charge in [0.25, 0.3) is 5.91 Å². The van der Waals surface area contributed by atoms with E-state index in [2.05, 4.69) is 22.2 Å². The molecule has 1 aromatic heterocycles. The number of hydrogen-bond acceptors (Lipinski definition) is 12. The largest absolute Gasteiger partial charge is 0.478 e. The summed E-state index contributed by atoms with van der Waals surface area (Å²) in [5.74, 6) is -4.47. The van der Waals surface area contributed by atoms with Crippen LogP contribution in [0.1, 0.15) is 110 Å². The summed E-state index contributed by atoms with van der Waals surface area (Å²) in [6.45, 7) is 12.5. The molecule has 2 aromatic rings. The second-order valence-electron chi connectivity index (χ2n) is 13.8. The molecule has 1 heterocycles. The smallest absolute Gasteiger partial charge is 0.408 e. The highest BCUT2D eigenvalue weighted by molar-refractivity contribution is 6.03. The molecule has 0 unspecified atom stereocenters. The van der Waals surface area contributed by atoms with Crippen LogP contribution in [-0.2, 0) is 35.1 Å². The van der Waals surface area contributed by atoms with E-state index < -0.39 is 72.2 Å². The predicted molar refractivity (Wildman–Crippen MR) is 182 cm³/mol. The fraction of sp³-hybridized carbons (Fsp3) is 0.472. The molecule has 15 nitrogen and oxygen atoms in total. The number of esters is 3. The van der Waals surface area contributed by atoms with Crippen molar-refractivity contribution in [3.8, 4) is 11.1 Å². The number of nitrogens with one attached hydrogen (secondary N) is 2. The van der Waals surface area contributed by atoms with Gasteiger partial charge >= 0.3 is 30.0 Å². The zero-order chi connectivity index (χ0) is 38.1. The molecule has 2 amide bonds. The molecule has 51 heavy (non-hydrogen) atoms. The van der Waals surface area contributed by atoms with Crippen LogP contribution in [0.25, 0.3) is 17.2 Å². The van der Waals surface area contributed by atoms with E-state index in [1.807, 2.05) is 0 Å². The van der Waals surface area contributed by atoms with E-state index >= 15 is 0 Å². The molecule has 1 aromatic carbocycles. The first-order chi connectivity index (χ1) is 23.8. The summed E-state index contributed by atoms with van der Waals surface area (Å²) in [4.78, 5) is 80.8. The number of alkyl carbamates (subject to hydrolysis) is 1. The maximum Gasteiger partial charge on any atom is 0.408 e. The minimum atomic E-state index is -1.41. The SMILES string of the molecule is C=Cc1cc(C(=O)O)c(-c2ccc(C(=O)NCC3CC3)nc2C(=O)OCOC(=O)[C@H](CCC(=O)OC(C)(C)C)NC(=O)OC(C)(C)C)cc1CO. The van der Waals surface area contributed by atoms with Crippen LogP contribution in [0.4, 0.5) is 4.79 Å². The van der Waals surface area contributed by atoms with Crippen LogP contribution in [0, 0.1) is 5.92 Å². The standard InChI is InChI=1S/C36H45N3O12/c1-8-21-15-25(31(43)44)24(16-22(21)18-40)23-11-12-26(30(42)37-17-20-9-10-20)38-29(23)33(46)49-19-48-32(45)27(39-34(47)51-36(5,6)7)13-14-28(41)50-35(2,3)4/h8,11-12,15-16,20,27,40H,1,9-10,13-14,17-19H2,2-7H3,(H,37,42)(H,39,47)(H,43,44)/t27-/m0/s1. The van der Waals surface area contributed by atoms with E-state index in [0.717, 1.165) is 12.8 Å². The van der Waals surface area contributed by atoms with Gasteiger partial charge in [-0.25, -0.2) is 24.2 Å². The second-order valence-corrected chi connectivity index (χ2v) is 13.8. The van der Waals surface area contributed by atoms with Crippen molar-refractivity contribution in [1.82, 2.24) is 15.6 Å². The van der Waals surface area contributed by atoms with Gasteiger partial charge in [0.05, 0.1) is 12.2 Å². The number of aliphatic hydroxyl groups is 1. The number of rotatable bonds is 15. The fourth-order valence-corrected chi connectivity index (χ4v) is 4.66. The lowest BCUT2D eigenvalue weighted by Gasteiger charge is -2.23. The van der Waals surface area contributed by atoms with Gasteiger partial charge in [0.2, 0.25) is 6.79 Å². The van der Waals surface area contributed by atoms with E-state index in [1.165, 1.54) is 30.3 Å². The van der Waals surface area contributed by atoms with Gasteiger partial charge in [-0.3, -0.25) is 9.59 Å². The number of carboxylic acids is 1. The molecule has 0 spiro atoms. The molecule has 1 fully saturated rings. The molecule has 15 heteroatoms. The lowest BCUT2D eigenvalue weighted by Crippen LogP contribution is -2.45. The van der Waals surface area contributed by atoms with Crippen LogP contribution in [0.15, 0.2) is 30.8 Å². The number of hydrogen-bond donors (Lipinski definition) is 4. The van der Waals surface area contributed by atoms with Crippen LogP contribution in [0.3, 0.4) is 0 Å². The third-order valence-electron chi connectivity index (χ3n) is 7.18. The molecular weight excluding hydrogens is 666 g/mol. The first-order valence-corrected chi connectivity index (χ1v) is 16.3. The van der Waals surface area contributed by atoms with Crippen molar-refractivity contribution < 1.29 is 57.9 Å². The monoisotopic (exact) mass is 711 g/mol. The van der Waals surface area contributed by atoms with E-state index in [9.17, 15) is 39.0 Å². The number of ether oxygens (including phenoxy) is 4. The third kappa shape index (κ3) is 12.5. The Balaban J connectivity index is 1.88. The number of carboxylic acid groups (broad SMARTS) is 1. The summed E-state index contributed by atoms with van der Waals surface area (Å²) in [6, 6.07) is 3.88. The number of amides is 2. The number of carbonyl (C=O) groups excluding carboxylic acids is 5. The summed E-state index contributed by atoms with van der Waals surface area (Å²) < 4.78 is 20.8. The van der Waals surface area contributed by atoms with Gasteiger partial charge in [-0.1, -0.05) is 12.7 Å². The third-order valence-corrected chi connectivity index (χ3v) is 7.18. The Morgan fingerprint density at radius 1 is 0.980 bits per heavy atom. The van der Waals surface area contributed by atoms with Crippen LogP contribution < -0.4 is 10.6 Å². The number of aliphatic hydroxyl groups excluding tert-OH is 1. The van der Waals surface area contributed by atoms with Crippen LogP contribution >= 0.6 is 0 Å². The van der Waals surface area contributed by atoms with E-state index in [4.69, 9.17) is 18.9 Å². The average molecular weight is 712 g/mol. The molecule has 4 N–H and O–H groups in total. The van der Waals surface area contributed by atoms with Gasteiger partial charge in [-0.05, 0) is 108 Å². The zero-order valence-corrected chi connectivity index (χ0v) is 29.6. The zero-order valence-electron chi connectivity index (χ0n) is 29.6. The highest BCUT2D eigenvalue weighted by atomic mass is 16.7. The maximum absolute atomic E-state index is 13.5. The van der Waals surface area contributed by atoms with Gasteiger partial charge in [-0.2, -0.15) is 0 Å². The maximum atomic E-state index is 13.5. The van der Waals surface area contributed by atoms with Gasteiger partial charge in [0, 0.05) is 18.5 Å². The van der Waals surface area contributed by atoms with Crippen molar-refractivity contribution in [3.05, 3.63) is 58.9 Å². The van der Waals surface area contributed by atoms with E-state index in [0.29, 0.717) is 23.6 Å². The summed E-state index contributed by atoms with van der Waals surface area (Å²) >= 11 is 0. The Kier molecular flexibility index (Phi) is 13.4. The molecule has 1 aliphatic rings. The minimum Gasteiger partial charge on any atom is -0.478 e. The molecule has 1 saturated carbocycles. The Labute approximate surface area is 295 Å². The first-order valence-electron chi connectivity index (χ1n) is 16.3. The molecule has 0 radical (unpaired) electrons. The number of pyridine rings is 1. The summed E-state index contributed by atoms with van der Waals surface area (Å²) in [7, 11) is 0. The van der Waals surface area contributed by atoms with Crippen LogP contribution in [-0.4, -0.2) is 81.7 Å². The van der Waals surface area contributed by atoms with Gasteiger partial charge in [-0.15, -0.1) is 0 Å². The Bertz CT molecular complexity index is 1670. The molecule has 276 valence electrons. The van der Waals surface area contributed by atoms with E-state index in [1.54, 1.807) is 41.5 Å². The lowest BCUT2D eigenvalue weighted by atomic mass is 9.92. The highest BCUT2D eigenvalue weighted by Gasteiger charge is 2.29. The molecule has 1 atom stereocenters. The molecule has 3 rings (SSSR count). The van der Waals surface area contributed by atoms with Gasteiger partial charge in [0.15, 0.2) is 5.69 Å². The predicted octanol–water partition coefficient (Wildman–Crippen LogP) is 4.39. The van der Waals surface area contributed by atoms with Crippen molar-refractivity contribution >= 4 is 42.0 Å². The first kappa shape index (κ1) is 40.1. The minimum absolute atomic E-state index is 0.0118. The fourth-order valence-electron chi connectivity index (χ4n) is 4.66. The lowest BCUT2D eigenvalue weighted by molar-refractivity contribution is -0.157. The molecule has 1 aliphatic carbocycles. The van der Waals surface area contributed by atoms with Crippen LogP contribution in [0.5, 0.6) is 0 Å². The number of aromatic carboxylic acids is 1. The van der Waals surface area contributed by atoms with Gasteiger partial charge < -0.3 is 39.8 Å². The van der Waals surface area contributed by atoms with E-state index in [-0.39, 0.29) is 35.2 Å². The Morgan fingerprint density at radius 2 is 1.65 bits per heavy atom. The van der Waals surface area contributed by atoms with Crippen LogP contribution in [0.2, 0.25) is 0 Å². The number of benzene rings is 1. The second kappa shape index (κ2) is 17.1. The molecule has 0 saturated heterocycles. The summed E-state index contributed by atoms with van der Waals surface area (Å²) in [5, 5.41) is 25.0. The number of aromatic nitrogens is 1. The number of carbonyl (C=O) groups is 6. The summed E-state index contributed by atoms with van der Waals surface area (Å²) in [6.07, 6.45) is 1.84. The van der Waals surface area contributed by atoms with Crippen molar-refractivity contribution in [3.63, 3.8) is 0 Å². The van der Waals surface area contributed by atoms with Gasteiger partial charge in [0.1, 0.15) is 22.9 Å². The normalized spacial score (nSPS) is 13.3. The molecule has 0 aliphatic heterocycles.